The van der Waals surface area contributed by atoms with Crippen LogP contribution in [0, 0.1) is 11.3 Å². The van der Waals surface area contributed by atoms with Crippen LogP contribution in [0.4, 0.5) is 0 Å². The van der Waals surface area contributed by atoms with Gasteiger partial charge in [0.25, 0.3) is 0 Å². The molecule has 0 aromatic carbocycles. The van der Waals surface area contributed by atoms with Crippen molar-refractivity contribution < 1.29 is 9.59 Å². The van der Waals surface area contributed by atoms with Crippen molar-refractivity contribution in [3.63, 3.8) is 0 Å². The lowest BCUT2D eigenvalue weighted by Gasteiger charge is -2.23. The van der Waals surface area contributed by atoms with E-state index < -0.39 is 0 Å². The van der Waals surface area contributed by atoms with E-state index in [2.05, 4.69) is 31.4 Å². The maximum absolute atomic E-state index is 11.7. The first kappa shape index (κ1) is 12.0. The first-order valence-corrected chi connectivity index (χ1v) is 5.49. The zero-order valence-electron chi connectivity index (χ0n) is 9.72. The van der Waals surface area contributed by atoms with E-state index in [1.807, 2.05) is 0 Å². The highest BCUT2D eigenvalue weighted by Crippen LogP contribution is 2.18. The lowest BCUT2D eigenvalue weighted by molar-refractivity contribution is -0.126. The number of carbonyl (C=O) groups excluding carboxylic acids is 2. The summed E-state index contributed by atoms with van der Waals surface area (Å²) < 4.78 is 0. The summed E-state index contributed by atoms with van der Waals surface area (Å²) in [6.07, 6.45) is 1.35. The second-order valence-electron chi connectivity index (χ2n) is 4.94. The minimum absolute atomic E-state index is 0.00475. The van der Waals surface area contributed by atoms with Crippen molar-refractivity contribution in [3.05, 3.63) is 0 Å². The second kappa shape index (κ2) is 4.64. The van der Waals surface area contributed by atoms with Crippen molar-refractivity contribution in [1.29, 1.82) is 0 Å². The monoisotopic (exact) mass is 212 g/mol. The Morgan fingerprint density at radius 2 is 2.27 bits per heavy atom. The van der Waals surface area contributed by atoms with Crippen molar-refractivity contribution in [3.8, 4) is 0 Å². The van der Waals surface area contributed by atoms with Crippen molar-refractivity contribution in [1.82, 2.24) is 10.6 Å². The van der Waals surface area contributed by atoms with Crippen molar-refractivity contribution >= 4 is 11.8 Å². The van der Waals surface area contributed by atoms with E-state index in [0.717, 1.165) is 6.42 Å². The van der Waals surface area contributed by atoms with Crippen LogP contribution in [-0.4, -0.2) is 24.9 Å². The molecule has 1 aliphatic heterocycles. The molecule has 2 amide bonds. The molecule has 0 spiro atoms. The van der Waals surface area contributed by atoms with Crippen LogP contribution < -0.4 is 10.6 Å². The van der Waals surface area contributed by atoms with Gasteiger partial charge in [-0.1, -0.05) is 20.8 Å². The third kappa shape index (κ3) is 3.53. The molecular weight excluding hydrogens is 192 g/mol. The standard InChI is InChI=1S/C11H20N2O2/c1-4-11(2,3)7-13-10(15)8-5-9(14)12-6-8/h8H,4-7H2,1-3H3,(H,12,14)(H,13,15). The highest BCUT2D eigenvalue weighted by molar-refractivity contribution is 5.89. The number of hydrogen-bond acceptors (Lipinski definition) is 2. The molecule has 0 radical (unpaired) electrons. The second-order valence-corrected chi connectivity index (χ2v) is 4.94. The smallest absolute Gasteiger partial charge is 0.225 e. The quantitative estimate of drug-likeness (QED) is 0.719. The van der Waals surface area contributed by atoms with Gasteiger partial charge in [-0.15, -0.1) is 0 Å². The molecule has 4 heteroatoms. The Kier molecular flexibility index (Phi) is 3.72. The molecule has 0 saturated carbocycles. The molecule has 1 fully saturated rings. The van der Waals surface area contributed by atoms with E-state index >= 15 is 0 Å². The molecular formula is C11H20N2O2. The number of nitrogens with one attached hydrogen (secondary N) is 2. The topological polar surface area (TPSA) is 58.2 Å². The highest BCUT2D eigenvalue weighted by Gasteiger charge is 2.28. The van der Waals surface area contributed by atoms with Gasteiger partial charge in [0.2, 0.25) is 11.8 Å². The summed E-state index contributed by atoms with van der Waals surface area (Å²) in [5, 5.41) is 5.57. The first-order chi connectivity index (χ1) is 6.94. The molecule has 4 nitrogen and oxygen atoms in total. The average molecular weight is 212 g/mol. The van der Waals surface area contributed by atoms with Crippen LogP contribution >= 0.6 is 0 Å². The number of rotatable bonds is 4. The predicted octanol–water partition coefficient (Wildman–Crippen LogP) is 0.675. The summed E-state index contributed by atoms with van der Waals surface area (Å²) in [7, 11) is 0. The Morgan fingerprint density at radius 1 is 1.60 bits per heavy atom. The molecule has 1 heterocycles. The van der Waals surface area contributed by atoms with E-state index in [-0.39, 0.29) is 23.1 Å². The lowest BCUT2D eigenvalue weighted by atomic mass is 9.90. The van der Waals surface area contributed by atoms with E-state index in [4.69, 9.17) is 0 Å². The molecule has 86 valence electrons. The fourth-order valence-corrected chi connectivity index (χ4v) is 1.39. The number of carbonyl (C=O) groups is 2. The summed E-state index contributed by atoms with van der Waals surface area (Å²) in [6, 6.07) is 0. The molecule has 0 aromatic rings. The molecule has 0 aliphatic carbocycles. The van der Waals surface area contributed by atoms with E-state index in [1.54, 1.807) is 0 Å². The molecule has 1 saturated heterocycles. The highest BCUT2D eigenvalue weighted by atomic mass is 16.2. The van der Waals surface area contributed by atoms with E-state index in [0.29, 0.717) is 19.5 Å². The summed E-state index contributed by atoms with van der Waals surface area (Å²) in [5.74, 6) is -0.204. The maximum atomic E-state index is 11.7. The fraction of sp³-hybridized carbons (Fsp3) is 0.818. The van der Waals surface area contributed by atoms with Crippen LogP contribution in [-0.2, 0) is 9.59 Å². The van der Waals surface area contributed by atoms with Gasteiger partial charge in [-0.05, 0) is 11.8 Å². The average Bonchev–Trinajstić information content (AvgIpc) is 2.61. The Morgan fingerprint density at radius 3 is 2.73 bits per heavy atom. The molecule has 15 heavy (non-hydrogen) atoms. The first-order valence-electron chi connectivity index (χ1n) is 5.49. The summed E-state index contributed by atoms with van der Waals surface area (Å²) in [6.45, 7) is 7.49. The van der Waals surface area contributed by atoms with Gasteiger partial charge in [0.1, 0.15) is 0 Å². The number of hydrogen-bond donors (Lipinski definition) is 2. The largest absolute Gasteiger partial charge is 0.355 e. The van der Waals surface area contributed by atoms with Crippen molar-refractivity contribution in [2.75, 3.05) is 13.1 Å². The number of amides is 2. The minimum Gasteiger partial charge on any atom is -0.355 e. The van der Waals surface area contributed by atoms with Crippen LogP contribution in [0.3, 0.4) is 0 Å². The van der Waals surface area contributed by atoms with Crippen molar-refractivity contribution in [2.24, 2.45) is 11.3 Å². The third-order valence-electron chi connectivity index (χ3n) is 3.05. The van der Waals surface area contributed by atoms with Crippen LogP contribution in [0.5, 0.6) is 0 Å². The van der Waals surface area contributed by atoms with Gasteiger partial charge < -0.3 is 10.6 Å². The molecule has 1 rings (SSSR count). The molecule has 0 bridgehead atoms. The van der Waals surface area contributed by atoms with Gasteiger partial charge >= 0.3 is 0 Å². The van der Waals surface area contributed by atoms with Gasteiger partial charge in [-0.25, -0.2) is 0 Å². The van der Waals surface area contributed by atoms with Gasteiger partial charge in [-0.3, -0.25) is 9.59 Å². The molecule has 2 N–H and O–H groups in total. The Labute approximate surface area is 90.8 Å². The Bertz CT molecular complexity index is 261. The third-order valence-corrected chi connectivity index (χ3v) is 3.05. The lowest BCUT2D eigenvalue weighted by Crippen LogP contribution is -2.38. The maximum Gasteiger partial charge on any atom is 0.225 e. The zero-order valence-corrected chi connectivity index (χ0v) is 9.72. The normalized spacial score (nSPS) is 21.3. The van der Waals surface area contributed by atoms with Gasteiger partial charge in [0.15, 0.2) is 0 Å². The summed E-state index contributed by atoms with van der Waals surface area (Å²) in [4.78, 5) is 22.6. The van der Waals surface area contributed by atoms with Gasteiger partial charge in [0.05, 0.1) is 5.92 Å². The molecule has 1 atom stereocenters. The predicted molar refractivity (Wildman–Crippen MR) is 58.2 cm³/mol. The minimum atomic E-state index is -0.176. The van der Waals surface area contributed by atoms with Crippen LogP contribution in [0.15, 0.2) is 0 Å². The van der Waals surface area contributed by atoms with Crippen LogP contribution in [0.1, 0.15) is 33.6 Å². The van der Waals surface area contributed by atoms with E-state index in [9.17, 15) is 9.59 Å². The molecule has 1 unspecified atom stereocenters. The zero-order chi connectivity index (χ0) is 11.5. The fourth-order valence-electron chi connectivity index (χ4n) is 1.39. The Balaban J connectivity index is 2.33. The molecule has 1 aliphatic rings. The van der Waals surface area contributed by atoms with Crippen molar-refractivity contribution in [2.45, 2.75) is 33.6 Å². The Hall–Kier alpha value is -1.06. The summed E-state index contributed by atoms with van der Waals surface area (Å²) in [5.41, 5.74) is 0.131. The van der Waals surface area contributed by atoms with Crippen LogP contribution in [0.25, 0.3) is 0 Å². The van der Waals surface area contributed by atoms with Crippen LogP contribution in [0.2, 0.25) is 0 Å². The van der Waals surface area contributed by atoms with E-state index in [1.165, 1.54) is 0 Å². The molecule has 0 aromatic heterocycles. The van der Waals surface area contributed by atoms with Gasteiger partial charge in [0, 0.05) is 19.5 Å². The van der Waals surface area contributed by atoms with Gasteiger partial charge in [-0.2, -0.15) is 0 Å². The SMILES string of the molecule is CCC(C)(C)CNC(=O)C1CNC(=O)C1. The summed E-state index contributed by atoms with van der Waals surface area (Å²) >= 11 is 0.